The molecule has 0 bridgehead atoms. The maximum Gasteiger partial charge on any atom is 0.243 e. The number of carbonyl (C=O) groups is 8. The highest BCUT2D eigenvalue weighted by atomic mass is 33.1. The van der Waals surface area contributed by atoms with E-state index < -0.39 is 89.3 Å². The minimum Gasteiger partial charge on any atom is -0.370 e. The summed E-state index contributed by atoms with van der Waals surface area (Å²) in [6.07, 6.45) is 1.21. The Labute approximate surface area is 450 Å². The van der Waals surface area contributed by atoms with Crippen LogP contribution in [0.1, 0.15) is 90.4 Å². The Morgan fingerprint density at radius 1 is 0.355 bits per heavy atom. The molecule has 33 nitrogen and oxygen atoms in total. The van der Waals surface area contributed by atoms with E-state index in [-0.39, 0.29) is 152 Å². The molecule has 0 aromatic carbocycles. The quantitative estimate of drug-likeness (QED) is 0.00894. The molecule has 0 spiro atoms. The van der Waals surface area contributed by atoms with Crippen LogP contribution >= 0.6 is 22.5 Å². The number of unbranched alkanes of at least 4 members (excludes halogenated alkanes) is 1. The summed E-state index contributed by atoms with van der Waals surface area (Å²) in [7, 11) is 0.585. The average molecular weight is 1120 g/mol. The number of nitrogens with zero attached hydrogens (tertiary/aromatic N) is 6. The van der Waals surface area contributed by atoms with Gasteiger partial charge in [-0.05, 0) is 94.3 Å². The lowest BCUT2D eigenvalue weighted by molar-refractivity contribution is -0.135. The van der Waals surface area contributed by atoms with Gasteiger partial charge in [0, 0.05) is 46.2 Å². The summed E-state index contributed by atoms with van der Waals surface area (Å²) >= 11 is 3.85. The van der Waals surface area contributed by atoms with Gasteiger partial charge in [-0.15, -0.1) is 11.7 Å². The van der Waals surface area contributed by atoms with Crippen LogP contribution in [0.15, 0.2) is 30.0 Å². The van der Waals surface area contributed by atoms with Crippen LogP contribution in [0.25, 0.3) is 0 Å². The summed E-state index contributed by atoms with van der Waals surface area (Å²) in [5.41, 5.74) is 65.8. The van der Waals surface area contributed by atoms with Crippen molar-refractivity contribution in [1.82, 2.24) is 37.2 Å². The minimum absolute atomic E-state index is 0.00656. The first-order valence-corrected chi connectivity index (χ1v) is 26.0. The lowest BCUT2D eigenvalue weighted by atomic mass is 10.0. The summed E-state index contributed by atoms with van der Waals surface area (Å²) in [6.45, 7) is 1.27. The summed E-state index contributed by atoms with van der Waals surface area (Å²) in [6, 6.07) is -7.90. The molecule has 35 heteroatoms. The van der Waals surface area contributed by atoms with Gasteiger partial charge in [0.05, 0.1) is 6.54 Å². The van der Waals surface area contributed by atoms with E-state index in [1.165, 1.54) is 6.92 Å². The minimum atomic E-state index is -1.41. The molecule has 0 radical (unpaired) electrons. The Hall–Kier alpha value is -7.72. The van der Waals surface area contributed by atoms with Gasteiger partial charge in [-0.1, -0.05) is 0 Å². The van der Waals surface area contributed by atoms with Crippen molar-refractivity contribution < 1.29 is 38.4 Å². The Morgan fingerprint density at radius 2 is 0.579 bits per heavy atom. The van der Waals surface area contributed by atoms with Crippen molar-refractivity contribution in [2.75, 3.05) is 45.8 Å². The number of aliphatic imine (C=N–C) groups is 6. The fraction of sp³-hybridized carbons (Fsp3) is 0.659. The number of hydrogen-bond donors (Lipinski definition) is 20. The summed E-state index contributed by atoms with van der Waals surface area (Å²) in [4.78, 5) is 132. The molecule has 76 heavy (non-hydrogen) atoms. The molecule has 0 aliphatic carbocycles. The smallest absolute Gasteiger partial charge is 0.243 e. The molecule has 0 saturated carbocycles. The number of rotatable bonds is 39. The second-order valence-corrected chi connectivity index (χ2v) is 18.0. The van der Waals surface area contributed by atoms with Crippen molar-refractivity contribution in [3.05, 3.63) is 0 Å². The van der Waals surface area contributed by atoms with Crippen molar-refractivity contribution in [1.29, 1.82) is 0 Å². The third-order valence-electron chi connectivity index (χ3n) is 10.3. The van der Waals surface area contributed by atoms with Gasteiger partial charge in [-0.25, -0.2) is 0 Å². The standard InChI is InChI=1S/C41H81N25O8S2/c1-22(67)61-24(11-5-17-56-38(46)47)31(70)64-27(13-7-19-58-40(50)51)35(74)66-28(14-8-20-59-41(52)53)34(73)63-25(9-2-3-15-54-36(42)43)32(71)65-26(12-6-18-57-39(48)49)33(72)62-23(10-4-16-55-37(44)45)30(69)60-21-29(68)76-75/h23-28,75H,2-21H2,1H3,(H,60,69)(H,61,67)(H,62,72)(H,63,73)(H,64,70)(H,65,71)(H,66,74)(H4,42,43,54)(H4,44,45,55)(H4,46,47,56)(H4,48,49,57)(H4,50,51,58)(H4,52,53,59)/t23-,24-,25-,26-,27-,28-/m0/s1. The largest absolute Gasteiger partial charge is 0.370 e. The zero-order valence-corrected chi connectivity index (χ0v) is 44.6. The van der Waals surface area contributed by atoms with Gasteiger partial charge in [-0.2, -0.15) is 0 Å². The van der Waals surface area contributed by atoms with Crippen LogP contribution in [-0.2, 0) is 38.4 Å². The van der Waals surface area contributed by atoms with Crippen LogP contribution in [0.4, 0.5) is 0 Å². The fourth-order valence-corrected chi connectivity index (χ4v) is 7.05. The zero-order chi connectivity index (χ0) is 57.6. The molecule has 0 aliphatic rings. The van der Waals surface area contributed by atoms with Crippen LogP contribution in [0.5, 0.6) is 0 Å². The number of amides is 7. The van der Waals surface area contributed by atoms with Gasteiger partial charge in [0.15, 0.2) is 35.8 Å². The van der Waals surface area contributed by atoms with Crippen molar-refractivity contribution >= 4 is 105 Å². The molecular formula is C41H81N25O8S2. The van der Waals surface area contributed by atoms with E-state index in [2.05, 4.69) is 78.8 Å². The van der Waals surface area contributed by atoms with Crippen molar-refractivity contribution in [2.24, 2.45) is 98.8 Å². The van der Waals surface area contributed by atoms with Crippen molar-refractivity contribution in [3.63, 3.8) is 0 Å². The van der Waals surface area contributed by atoms with Crippen LogP contribution in [0.3, 0.4) is 0 Å². The Balaban J connectivity index is 7.19. The molecule has 0 fully saturated rings. The first-order chi connectivity index (χ1) is 35.9. The highest BCUT2D eigenvalue weighted by Gasteiger charge is 2.33. The van der Waals surface area contributed by atoms with Crippen LogP contribution < -0.4 is 106 Å². The average Bonchev–Trinajstić information content (AvgIpc) is 3.33. The lowest BCUT2D eigenvalue weighted by Gasteiger charge is -2.28. The molecule has 31 N–H and O–H groups in total. The molecule has 0 saturated heterocycles. The monoisotopic (exact) mass is 1120 g/mol. The van der Waals surface area contributed by atoms with E-state index in [0.717, 1.165) is 0 Å². The van der Waals surface area contributed by atoms with Crippen molar-refractivity contribution in [2.45, 2.75) is 127 Å². The molecule has 7 amide bonds. The highest BCUT2D eigenvalue weighted by Crippen LogP contribution is 2.11. The van der Waals surface area contributed by atoms with Crippen LogP contribution in [0, 0.1) is 0 Å². The molecular weight excluding hydrogens is 1030 g/mol. The van der Waals surface area contributed by atoms with Gasteiger partial charge in [0.2, 0.25) is 46.5 Å². The first kappa shape index (κ1) is 68.3. The maximum absolute atomic E-state index is 14.4. The van der Waals surface area contributed by atoms with E-state index in [1.807, 2.05) is 0 Å². The number of carbonyl (C=O) groups excluding carboxylic acids is 8. The van der Waals surface area contributed by atoms with Gasteiger partial charge in [-0.3, -0.25) is 68.3 Å². The SMILES string of the molecule is CC(=O)N[C@@H](CCCN=C(N)N)C(=O)N[C@@H](CCCN=C(N)N)C(=O)N[C@@H](CCCN=C(N)N)C(=O)N[C@@H](CCCCN=C(N)N)C(=O)N[C@@H](CCCN=C(N)N)C(=O)N[C@@H](CCCN=C(N)N)C(=O)NCC(=O)SS. The Kier molecular flexibility index (Phi) is 35.7. The topological polar surface area (TPSA) is 607 Å². The third kappa shape index (κ3) is 34.7. The normalized spacial score (nSPS) is 12.9. The zero-order valence-electron chi connectivity index (χ0n) is 42.8. The van der Waals surface area contributed by atoms with Crippen LogP contribution in [-0.4, -0.2) is 164 Å². The summed E-state index contributed by atoms with van der Waals surface area (Å²) in [5, 5.41) is 17.8. The number of nitrogens with one attached hydrogen (secondary N) is 7. The maximum atomic E-state index is 14.4. The van der Waals surface area contributed by atoms with E-state index in [1.54, 1.807) is 0 Å². The van der Waals surface area contributed by atoms with Crippen LogP contribution in [0.2, 0.25) is 0 Å². The van der Waals surface area contributed by atoms with Gasteiger partial charge < -0.3 is 106 Å². The molecule has 0 heterocycles. The fourth-order valence-electron chi connectivity index (χ4n) is 6.72. The molecule has 0 aromatic rings. The molecule has 0 aliphatic heterocycles. The summed E-state index contributed by atoms with van der Waals surface area (Å²) < 4.78 is 0. The Morgan fingerprint density at radius 3 is 0.816 bits per heavy atom. The third-order valence-corrected chi connectivity index (χ3v) is 11.2. The van der Waals surface area contributed by atoms with E-state index in [9.17, 15) is 38.4 Å². The second kappa shape index (κ2) is 39.7. The molecule has 0 aromatic heterocycles. The van der Waals surface area contributed by atoms with E-state index in [0.29, 0.717) is 17.2 Å². The summed E-state index contributed by atoms with van der Waals surface area (Å²) in [5.74, 6) is -6.67. The van der Waals surface area contributed by atoms with E-state index in [4.69, 9.17) is 68.8 Å². The lowest BCUT2D eigenvalue weighted by Crippen LogP contribution is -2.59. The second-order valence-electron chi connectivity index (χ2n) is 16.8. The number of guanidine groups is 6. The number of hydrogen-bond acceptors (Lipinski definition) is 16. The van der Waals surface area contributed by atoms with Gasteiger partial charge in [0.1, 0.15) is 36.3 Å². The molecule has 430 valence electrons. The van der Waals surface area contributed by atoms with Gasteiger partial charge in [0.25, 0.3) is 0 Å². The Bertz CT molecular complexity index is 2050. The molecule has 6 atom stereocenters. The van der Waals surface area contributed by atoms with E-state index >= 15 is 0 Å². The number of nitrogens with two attached hydrogens (primary N) is 12. The predicted molar refractivity (Wildman–Crippen MR) is 296 cm³/mol. The number of thiol groups is 1. The first-order valence-electron chi connectivity index (χ1n) is 24.1. The predicted octanol–water partition coefficient (Wildman–Crippen LogP) is -8.15. The van der Waals surface area contributed by atoms with Crippen molar-refractivity contribution in [3.8, 4) is 0 Å². The van der Waals surface area contributed by atoms with Gasteiger partial charge >= 0.3 is 0 Å². The molecule has 0 unspecified atom stereocenters. The molecule has 0 rings (SSSR count). The highest BCUT2D eigenvalue weighted by molar-refractivity contribution is 8.74.